The summed E-state index contributed by atoms with van der Waals surface area (Å²) in [4.78, 5) is 8.74. The second-order valence-corrected chi connectivity index (χ2v) is 7.38. The molecule has 26 heavy (non-hydrogen) atoms. The topological polar surface area (TPSA) is 58.1 Å². The summed E-state index contributed by atoms with van der Waals surface area (Å²) in [7, 11) is 0. The van der Waals surface area contributed by atoms with Crippen LogP contribution in [0.15, 0.2) is 22.5 Å². The van der Waals surface area contributed by atoms with Gasteiger partial charge in [-0.05, 0) is 38.6 Å². The Kier molecular flexibility index (Phi) is 9.99. The number of morpholine rings is 1. The number of nitrogens with one attached hydrogen (secondary N) is 2. The molecule has 148 valence electrons. The highest BCUT2D eigenvalue weighted by Crippen LogP contribution is 2.27. The molecule has 1 aliphatic heterocycles. The maximum atomic E-state index is 5.71. The van der Waals surface area contributed by atoms with Crippen LogP contribution in [0.1, 0.15) is 38.1 Å². The summed E-state index contributed by atoms with van der Waals surface area (Å²) in [6.07, 6.45) is 1.26. The lowest BCUT2D eigenvalue weighted by Crippen LogP contribution is -2.44. The van der Waals surface area contributed by atoms with Gasteiger partial charge in [-0.1, -0.05) is 6.07 Å². The van der Waals surface area contributed by atoms with Crippen molar-refractivity contribution in [1.29, 1.82) is 0 Å². The van der Waals surface area contributed by atoms with Gasteiger partial charge in [-0.2, -0.15) is 0 Å². The summed E-state index contributed by atoms with van der Waals surface area (Å²) >= 11 is 1.81. The van der Waals surface area contributed by atoms with Gasteiger partial charge in [-0.25, -0.2) is 0 Å². The lowest BCUT2D eigenvalue weighted by atomic mass is 10.1. The highest BCUT2D eigenvalue weighted by atomic mass is 32.1. The molecule has 0 bridgehead atoms. The zero-order valence-corrected chi connectivity index (χ0v) is 17.2. The number of rotatable bonds is 10. The van der Waals surface area contributed by atoms with E-state index in [2.05, 4.69) is 46.9 Å². The predicted octanol–water partition coefficient (Wildman–Crippen LogP) is 2.49. The maximum absolute atomic E-state index is 5.71. The van der Waals surface area contributed by atoms with Gasteiger partial charge < -0.3 is 20.1 Å². The van der Waals surface area contributed by atoms with Crippen molar-refractivity contribution in [1.82, 2.24) is 15.5 Å². The van der Waals surface area contributed by atoms with Gasteiger partial charge in [-0.3, -0.25) is 9.89 Å². The van der Waals surface area contributed by atoms with Crippen LogP contribution in [0.5, 0.6) is 0 Å². The normalized spacial score (nSPS) is 20.1. The van der Waals surface area contributed by atoms with Crippen LogP contribution in [0.2, 0.25) is 0 Å². The molecular formula is C19H34N4O2S. The first kappa shape index (κ1) is 21.2. The number of aliphatic imine (C=N–C) groups is 1. The van der Waals surface area contributed by atoms with Crippen LogP contribution >= 0.6 is 11.3 Å². The molecule has 0 saturated carbocycles. The summed E-state index contributed by atoms with van der Waals surface area (Å²) in [5.74, 6) is 0.881. The Hall–Kier alpha value is -1.15. The SMILES string of the molecule is CCNC(=NCC(c1cccs1)N1CCOC(C)C1)NCCCOCC. The van der Waals surface area contributed by atoms with Gasteiger partial charge in [0.05, 0.1) is 25.3 Å². The molecule has 0 aliphatic carbocycles. The number of guanidine groups is 1. The van der Waals surface area contributed by atoms with Gasteiger partial charge in [0.25, 0.3) is 0 Å². The van der Waals surface area contributed by atoms with Crippen molar-refractivity contribution in [2.45, 2.75) is 39.3 Å². The van der Waals surface area contributed by atoms with E-state index in [1.807, 2.05) is 18.3 Å². The number of hydrogen-bond acceptors (Lipinski definition) is 5. The maximum Gasteiger partial charge on any atom is 0.191 e. The molecule has 7 heteroatoms. The molecule has 1 aromatic heterocycles. The van der Waals surface area contributed by atoms with Crippen molar-refractivity contribution in [2.24, 2.45) is 4.99 Å². The number of nitrogens with zero attached hydrogens (tertiary/aromatic N) is 2. The Balaban J connectivity index is 1.96. The van der Waals surface area contributed by atoms with E-state index in [1.165, 1.54) is 4.88 Å². The summed E-state index contributed by atoms with van der Waals surface area (Å²) in [6.45, 7) is 13.0. The van der Waals surface area contributed by atoms with Crippen molar-refractivity contribution in [3.8, 4) is 0 Å². The highest BCUT2D eigenvalue weighted by Gasteiger charge is 2.26. The van der Waals surface area contributed by atoms with E-state index >= 15 is 0 Å². The average Bonchev–Trinajstić information content (AvgIpc) is 3.16. The molecule has 1 aliphatic rings. The van der Waals surface area contributed by atoms with E-state index in [1.54, 1.807) is 0 Å². The van der Waals surface area contributed by atoms with Crippen LogP contribution in [0.25, 0.3) is 0 Å². The van der Waals surface area contributed by atoms with Crippen molar-refractivity contribution in [3.63, 3.8) is 0 Å². The van der Waals surface area contributed by atoms with E-state index in [0.717, 1.165) is 64.9 Å². The van der Waals surface area contributed by atoms with Crippen LogP contribution in [0.3, 0.4) is 0 Å². The van der Waals surface area contributed by atoms with Crippen molar-refractivity contribution in [2.75, 3.05) is 52.5 Å². The zero-order valence-electron chi connectivity index (χ0n) is 16.4. The quantitative estimate of drug-likeness (QED) is 0.370. The minimum atomic E-state index is 0.278. The zero-order chi connectivity index (χ0) is 18.6. The molecule has 2 atom stereocenters. The summed E-state index contributed by atoms with van der Waals surface area (Å²) < 4.78 is 11.1. The number of thiophene rings is 1. The lowest BCUT2D eigenvalue weighted by molar-refractivity contribution is -0.0327. The first-order valence-electron chi connectivity index (χ1n) is 9.73. The van der Waals surface area contributed by atoms with Crippen molar-refractivity contribution in [3.05, 3.63) is 22.4 Å². The smallest absolute Gasteiger partial charge is 0.191 e. The molecule has 0 radical (unpaired) electrons. The monoisotopic (exact) mass is 382 g/mol. The largest absolute Gasteiger partial charge is 0.382 e. The predicted molar refractivity (Wildman–Crippen MR) is 109 cm³/mol. The average molecular weight is 383 g/mol. The van der Waals surface area contributed by atoms with E-state index in [4.69, 9.17) is 14.5 Å². The fraction of sp³-hybridized carbons (Fsp3) is 0.737. The van der Waals surface area contributed by atoms with Crippen molar-refractivity contribution >= 4 is 17.3 Å². The van der Waals surface area contributed by atoms with Gasteiger partial charge in [-0.15, -0.1) is 11.3 Å². The second kappa shape index (κ2) is 12.3. The Bertz CT molecular complexity index is 510. The van der Waals surface area contributed by atoms with Gasteiger partial charge in [0.2, 0.25) is 0 Å². The van der Waals surface area contributed by atoms with Crippen LogP contribution < -0.4 is 10.6 Å². The van der Waals surface area contributed by atoms with Gasteiger partial charge in [0.15, 0.2) is 5.96 Å². The van der Waals surface area contributed by atoms with Gasteiger partial charge in [0.1, 0.15) is 0 Å². The molecule has 0 amide bonds. The molecule has 0 spiro atoms. The minimum Gasteiger partial charge on any atom is -0.382 e. The number of ether oxygens (including phenoxy) is 2. The highest BCUT2D eigenvalue weighted by molar-refractivity contribution is 7.10. The molecule has 1 saturated heterocycles. The van der Waals surface area contributed by atoms with Gasteiger partial charge >= 0.3 is 0 Å². The standard InChI is InChI=1S/C19H34N4O2S/c1-4-20-19(21-9-7-11-24-5-2)22-14-17(18-8-6-13-26-18)23-10-12-25-16(3)15-23/h6,8,13,16-17H,4-5,7,9-12,14-15H2,1-3H3,(H2,20,21,22). The third-order valence-corrected chi connectivity index (χ3v) is 5.29. The summed E-state index contributed by atoms with van der Waals surface area (Å²) in [5, 5.41) is 8.90. The van der Waals surface area contributed by atoms with Gasteiger partial charge in [0, 0.05) is 44.3 Å². The molecule has 1 fully saturated rings. The first-order chi connectivity index (χ1) is 12.7. The summed E-state index contributed by atoms with van der Waals surface area (Å²) in [6, 6.07) is 4.64. The molecule has 2 N–H and O–H groups in total. The van der Waals surface area contributed by atoms with Crippen LogP contribution in [-0.4, -0.2) is 69.5 Å². The molecule has 2 rings (SSSR count). The first-order valence-corrected chi connectivity index (χ1v) is 10.6. The van der Waals surface area contributed by atoms with Crippen LogP contribution in [-0.2, 0) is 9.47 Å². The number of hydrogen-bond donors (Lipinski definition) is 2. The summed E-state index contributed by atoms with van der Waals surface area (Å²) in [5.41, 5.74) is 0. The molecule has 1 aromatic rings. The Morgan fingerprint density at radius 3 is 3.04 bits per heavy atom. The molecule has 2 heterocycles. The Morgan fingerprint density at radius 1 is 1.46 bits per heavy atom. The van der Waals surface area contributed by atoms with E-state index in [-0.39, 0.29) is 6.10 Å². The van der Waals surface area contributed by atoms with E-state index < -0.39 is 0 Å². The molecular weight excluding hydrogens is 348 g/mol. The van der Waals surface area contributed by atoms with Crippen LogP contribution in [0, 0.1) is 0 Å². The van der Waals surface area contributed by atoms with E-state index in [9.17, 15) is 0 Å². The fourth-order valence-electron chi connectivity index (χ4n) is 3.04. The Morgan fingerprint density at radius 2 is 2.35 bits per heavy atom. The lowest BCUT2D eigenvalue weighted by Gasteiger charge is -2.36. The fourth-order valence-corrected chi connectivity index (χ4v) is 3.89. The van der Waals surface area contributed by atoms with Crippen molar-refractivity contribution < 1.29 is 9.47 Å². The van der Waals surface area contributed by atoms with Crippen LogP contribution in [0.4, 0.5) is 0 Å². The third-order valence-electron chi connectivity index (χ3n) is 4.31. The molecule has 0 aromatic carbocycles. The van der Waals surface area contributed by atoms with E-state index in [0.29, 0.717) is 6.04 Å². The minimum absolute atomic E-state index is 0.278. The Labute approximate surface area is 162 Å². The second-order valence-electron chi connectivity index (χ2n) is 6.40. The molecule has 6 nitrogen and oxygen atoms in total. The molecule has 2 unspecified atom stereocenters. The third kappa shape index (κ3) is 7.23.